The number of hydrogen-bond donors (Lipinski definition) is 2. The largest absolute Gasteiger partial charge is 0.492 e. The molecule has 0 bridgehead atoms. The van der Waals surface area contributed by atoms with Gasteiger partial charge < -0.3 is 9.84 Å². The van der Waals surface area contributed by atoms with Gasteiger partial charge in [-0.25, -0.2) is 13.1 Å². The van der Waals surface area contributed by atoms with Crippen molar-refractivity contribution in [2.24, 2.45) is 0 Å². The van der Waals surface area contributed by atoms with E-state index in [0.29, 0.717) is 12.4 Å². The molecule has 0 unspecified atom stereocenters. The first-order valence-electron chi connectivity index (χ1n) is 7.60. The van der Waals surface area contributed by atoms with E-state index in [1.165, 1.54) is 0 Å². The molecule has 2 N–H and O–H groups in total. The van der Waals surface area contributed by atoms with Crippen molar-refractivity contribution < 1.29 is 18.3 Å². The standard InChI is InChI=1S/C16H27NO4S/c1-5-6-11-21-14-8-7-13(16(2,3)4)12-15(14)22(19,20)17-9-10-18/h7-8,12,17-18H,5-6,9-11H2,1-4H3. The zero-order valence-corrected chi connectivity index (χ0v) is 14.7. The van der Waals surface area contributed by atoms with E-state index in [1.807, 2.05) is 33.8 Å². The van der Waals surface area contributed by atoms with E-state index in [2.05, 4.69) is 4.72 Å². The number of rotatable bonds is 8. The molecule has 1 aromatic carbocycles. The fraction of sp³-hybridized carbons (Fsp3) is 0.625. The average molecular weight is 329 g/mol. The van der Waals surface area contributed by atoms with Crippen LogP contribution in [0.1, 0.15) is 46.1 Å². The third-order valence-corrected chi connectivity index (χ3v) is 4.74. The van der Waals surface area contributed by atoms with Crippen molar-refractivity contribution in [3.05, 3.63) is 23.8 Å². The lowest BCUT2D eigenvalue weighted by Crippen LogP contribution is -2.27. The number of aliphatic hydroxyl groups excluding tert-OH is 1. The maximum atomic E-state index is 12.4. The molecule has 0 saturated heterocycles. The van der Waals surface area contributed by atoms with Crippen LogP contribution in [0.4, 0.5) is 0 Å². The second kappa shape index (κ2) is 7.94. The van der Waals surface area contributed by atoms with E-state index in [9.17, 15) is 8.42 Å². The second-order valence-electron chi connectivity index (χ2n) is 6.23. The van der Waals surface area contributed by atoms with Crippen molar-refractivity contribution in [1.29, 1.82) is 0 Å². The molecule has 0 radical (unpaired) electrons. The van der Waals surface area contributed by atoms with E-state index in [-0.39, 0.29) is 23.5 Å². The van der Waals surface area contributed by atoms with Crippen LogP contribution in [0.25, 0.3) is 0 Å². The summed E-state index contributed by atoms with van der Waals surface area (Å²) < 4.78 is 32.8. The Balaban J connectivity index is 3.22. The molecule has 0 heterocycles. The summed E-state index contributed by atoms with van der Waals surface area (Å²) in [5.74, 6) is 0.354. The number of nitrogens with one attached hydrogen (secondary N) is 1. The van der Waals surface area contributed by atoms with Gasteiger partial charge in [-0.3, -0.25) is 0 Å². The van der Waals surface area contributed by atoms with E-state index >= 15 is 0 Å². The minimum absolute atomic E-state index is 0.0174. The Hall–Kier alpha value is -1.11. The highest BCUT2D eigenvalue weighted by molar-refractivity contribution is 7.89. The molecule has 6 heteroatoms. The van der Waals surface area contributed by atoms with Crippen LogP contribution < -0.4 is 9.46 Å². The Kier molecular flexibility index (Phi) is 6.84. The molecule has 0 aromatic heterocycles. The SMILES string of the molecule is CCCCOc1ccc(C(C)(C)C)cc1S(=O)(=O)NCCO. The highest BCUT2D eigenvalue weighted by Crippen LogP contribution is 2.31. The van der Waals surface area contributed by atoms with Gasteiger partial charge in [-0.2, -0.15) is 0 Å². The van der Waals surface area contributed by atoms with E-state index in [1.54, 1.807) is 12.1 Å². The van der Waals surface area contributed by atoms with Crippen LogP contribution in [0.2, 0.25) is 0 Å². The predicted molar refractivity (Wildman–Crippen MR) is 87.8 cm³/mol. The summed E-state index contributed by atoms with van der Waals surface area (Å²) >= 11 is 0. The fourth-order valence-electron chi connectivity index (χ4n) is 1.89. The highest BCUT2D eigenvalue weighted by atomic mass is 32.2. The molecule has 0 saturated carbocycles. The monoisotopic (exact) mass is 329 g/mol. The molecule has 1 rings (SSSR count). The van der Waals surface area contributed by atoms with Crippen molar-refractivity contribution in [1.82, 2.24) is 4.72 Å². The van der Waals surface area contributed by atoms with Crippen molar-refractivity contribution in [2.75, 3.05) is 19.8 Å². The predicted octanol–water partition coefficient (Wildman–Crippen LogP) is 2.43. The van der Waals surface area contributed by atoms with Crippen LogP contribution >= 0.6 is 0 Å². The smallest absolute Gasteiger partial charge is 0.244 e. The first-order valence-corrected chi connectivity index (χ1v) is 9.08. The van der Waals surface area contributed by atoms with Gasteiger partial charge in [0.25, 0.3) is 0 Å². The summed E-state index contributed by atoms with van der Waals surface area (Å²) in [6.45, 7) is 8.34. The van der Waals surface area contributed by atoms with Crippen LogP contribution in [-0.2, 0) is 15.4 Å². The molecule has 0 fully saturated rings. The Morgan fingerprint density at radius 3 is 2.50 bits per heavy atom. The van der Waals surface area contributed by atoms with E-state index in [0.717, 1.165) is 18.4 Å². The zero-order chi connectivity index (χ0) is 16.8. The van der Waals surface area contributed by atoms with Crippen LogP contribution in [0.5, 0.6) is 5.75 Å². The van der Waals surface area contributed by atoms with Gasteiger partial charge in [0.1, 0.15) is 10.6 Å². The summed E-state index contributed by atoms with van der Waals surface area (Å²) in [5.41, 5.74) is 0.753. The van der Waals surface area contributed by atoms with Gasteiger partial charge in [0.15, 0.2) is 0 Å². The molecule has 22 heavy (non-hydrogen) atoms. The van der Waals surface area contributed by atoms with E-state index in [4.69, 9.17) is 9.84 Å². The van der Waals surface area contributed by atoms with Crippen LogP contribution in [0.3, 0.4) is 0 Å². The Morgan fingerprint density at radius 2 is 1.95 bits per heavy atom. The van der Waals surface area contributed by atoms with Crippen molar-refractivity contribution >= 4 is 10.0 Å². The fourth-order valence-corrected chi connectivity index (χ4v) is 3.08. The zero-order valence-electron chi connectivity index (χ0n) is 13.8. The van der Waals surface area contributed by atoms with Crippen LogP contribution in [-0.4, -0.2) is 33.3 Å². The average Bonchev–Trinajstić information content (AvgIpc) is 2.44. The van der Waals surface area contributed by atoms with Crippen LogP contribution in [0.15, 0.2) is 23.1 Å². The maximum Gasteiger partial charge on any atom is 0.244 e. The minimum atomic E-state index is -3.71. The number of sulfonamides is 1. The van der Waals surface area contributed by atoms with Gasteiger partial charge in [0, 0.05) is 6.54 Å². The molecule has 0 spiro atoms. The summed E-state index contributed by atoms with van der Waals surface area (Å²) in [7, 11) is -3.71. The molecule has 0 amide bonds. The number of hydrogen-bond acceptors (Lipinski definition) is 4. The summed E-state index contributed by atoms with van der Waals surface area (Å²) in [4.78, 5) is 0.129. The van der Waals surface area contributed by atoms with Crippen LogP contribution in [0, 0.1) is 0 Å². The Labute approximate surface area is 133 Å². The third kappa shape index (κ3) is 5.26. The molecular weight excluding hydrogens is 302 g/mol. The molecule has 0 atom stereocenters. The molecular formula is C16H27NO4S. The number of benzene rings is 1. The normalized spacial score (nSPS) is 12.4. The minimum Gasteiger partial charge on any atom is -0.492 e. The van der Waals surface area contributed by atoms with Gasteiger partial charge in [0.05, 0.1) is 13.2 Å². The lowest BCUT2D eigenvalue weighted by molar-refractivity contribution is 0.297. The summed E-state index contributed by atoms with van der Waals surface area (Å²) in [6, 6.07) is 5.26. The van der Waals surface area contributed by atoms with Crippen molar-refractivity contribution in [2.45, 2.75) is 50.8 Å². The van der Waals surface area contributed by atoms with Crippen molar-refractivity contribution in [3.63, 3.8) is 0 Å². The summed E-state index contributed by atoms with van der Waals surface area (Å²) in [5, 5.41) is 8.84. The van der Waals surface area contributed by atoms with Gasteiger partial charge >= 0.3 is 0 Å². The number of aliphatic hydroxyl groups is 1. The maximum absolute atomic E-state index is 12.4. The lowest BCUT2D eigenvalue weighted by Gasteiger charge is -2.21. The second-order valence-corrected chi connectivity index (χ2v) is 7.97. The van der Waals surface area contributed by atoms with Gasteiger partial charge in [-0.1, -0.05) is 40.2 Å². The number of ether oxygens (including phenoxy) is 1. The van der Waals surface area contributed by atoms with Gasteiger partial charge in [-0.15, -0.1) is 0 Å². The van der Waals surface area contributed by atoms with E-state index < -0.39 is 10.0 Å². The lowest BCUT2D eigenvalue weighted by atomic mass is 9.87. The van der Waals surface area contributed by atoms with Gasteiger partial charge in [0.2, 0.25) is 10.0 Å². The first-order chi connectivity index (χ1) is 10.2. The molecule has 0 aliphatic carbocycles. The van der Waals surface area contributed by atoms with Crippen molar-refractivity contribution in [3.8, 4) is 5.75 Å². The topological polar surface area (TPSA) is 75.6 Å². The quantitative estimate of drug-likeness (QED) is 0.718. The molecule has 0 aliphatic heterocycles. The molecule has 0 aliphatic rings. The van der Waals surface area contributed by atoms with Gasteiger partial charge in [-0.05, 0) is 29.5 Å². The Bertz CT molecular complexity index is 576. The highest BCUT2D eigenvalue weighted by Gasteiger charge is 2.23. The Morgan fingerprint density at radius 1 is 1.27 bits per heavy atom. The molecule has 1 aromatic rings. The molecule has 126 valence electrons. The summed E-state index contributed by atoms with van der Waals surface area (Å²) in [6.07, 6.45) is 1.84. The third-order valence-electron chi connectivity index (χ3n) is 3.26. The molecule has 5 nitrogen and oxygen atoms in total. The first kappa shape index (κ1) is 18.9. The number of unbranched alkanes of at least 4 members (excludes halogenated alkanes) is 1.